The number of anilines is 2. The van der Waals surface area contributed by atoms with Crippen molar-refractivity contribution in [3.05, 3.63) is 23.8 Å². The van der Waals surface area contributed by atoms with Crippen molar-refractivity contribution in [3.8, 4) is 0 Å². The van der Waals surface area contributed by atoms with Crippen molar-refractivity contribution < 1.29 is 4.79 Å². The van der Waals surface area contributed by atoms with Crippen molar-refractivity contribution >= 4 is 17.3 Å². The minimum absolute atomic E-state index is 0.112. The molecule has 1 aromatic rings. The van der Waals surface area contributed by atoms with Gasteiger partial charge in [0, 0.05) is 19.6 Å². The Hall–Kier alpha value is -1.71. The maximum atomic E-state index is 12.6. The quantitative estimate of drug-likeness (QED) is 0.839. The molecule has 0 radical (unpaired) electrons. The number of carbonyl (C=O) groups is 1. The van der Waals surface area contributed by atoms with Gasteiger partial charge in [0.25, 0.3) is 0 Å². The van der Waals surface area contributed by atoms with Crippen LogP contribution in [-0.2, 0) is 11.2 Å². The van der Waals surface area contributed by atoms with Crippen LogP contribution in [0.1, 0.15) is 31.7 Å². The molecule has 1 fully saturated rings. The molecule has 2 aliphatic heterocycles. The Labute approximate surface area is 120 Å². The van der Waals surface area contributed by atoms with Crippen LogP contribution in [0.5, 0.6) is 0 Å². The highest BCUT2D eigenvalue weighted by Crippen LogP contribution is 2.35. The van der Waals surface area contributed by atoms with Crippen LogP contribution in [0.2, 0.25) is 0 Å². The summed E-state index contributed by atoms with van der Waals surface area (Å²) >= 11 is 0. The number of hydrogen-bond acceptors (Lipinski definition) is 3. The van der Waals surface area contributed by atoms with Crippen molar-refractivity contribution in [1.29, 1.82) is 0 Å². The molecule has 0 bridgehead atoms. The van der Waals surface area contributed by atoms with Gasteiger partial charge in [-0.15, -0.1) is 0 Å². The second kappa shape index (κ2) is 5.35. The number of nitrogen functional groups attached to an aromatic ring is 1. The lowest BCUT2D eigenvalue weighted by Crippen LogP contribution is -2.48. The Morgan fingerprint density at radius 1 is 1.20 bits per heavy atom. The van der Waals surface area contributed by atoms with E-state index in [-0.39, 0.29) is 11.9 Å². The van der Waals surface area contributed by atoms with Gasteiger partial charge in [-0.1, -0.05) is 12.1 Å². The van der Waals surface area contributed by atoms with Gasteiger partial charge in [-0.2, -0.15) is 0 Å². The van der Waals surface area contributed by atoms with Gasteiger partial charge in [-0.3, -0.25) is 4.79 Å². The highest BCUT2D eigenvalue weighted by Gasteiger charge is 2.31. The van der Waals surface area contributed by atoms with Crippen LogP contribution in [0.3, 0.4) is 0 Å². The van der Waals surface area contributed by atoms with Crippen molar-refractivity contribution in [1.82, 2.24) is 4.90 Å². The van der Waals surface area contributed by atoms with Gasteiger partial charge >= 0.3 is 0 Å². The maximum Gasteiger partial charge on any atom is 0.244 e. The Balaban J connectivity index is 1.79. The first-order chi connectivity index (χ1) is 9.68. The number of hydrogen-bond donors (Lipinski definition) is 1. The number of rotatable bonds is 2. The predicted molar refractivity (Wildman–Crippen MR) is 81.8 cm³/mol. The molecule has 0 spiro atoms. The van der Waals surface area contributed by atoms with Crippen LogP contribution in [0, 0.1) is 0 Å². The number of benzene rings is 1. The van der Waals surface area contributed by atoms with Crippen LogP contribution in [-0.4, -0.2) is 36.5 Å². The zero-order valence-electron chi connectivity index (χ0n) is 12.1. The van der Waals surface area contributed by atoms with Crippen molar-refractivity contribution in [2.24, 2.45) is 0 Å². The van der Waals surface area contributed by atoms with Crippen LogP contribution < -0.4 is 10.6 Å². The van der Waals surface area contributed by atoms with Crippen molar-refractivity contribution in [3.63, 3.8) is 0 Å². The Morgan fingerprint density at radius 3 is 2.70 bits per heavy atom. The standard InChI is InChI=1S/C16H23N3O/c1-12(16(20)18-9-3-2-4-10-18)19-11-8-13-6-5-7-14(17)15(13)19/h5-7,12H,2-4,8-11,17H2,1H3. The van der Waals surface area contributed by atoms with Gasteiger partial charge in [0.1, 0.15) is 6.04 Å². The first kappa shape index (κ1) is 13.3. The number of amides is 1. The lowest BCUT2D eigenvalue weighted by atomic mass is 10.1. The molecule has 20 heavy (non-hydrogen) atoms. The van der Waals surface area contributed by atoms with E-state index in [4.69, 9.17) is 5.73 Å². The van der Waals surface area contributed by atoms with E-state index in [1.54, 1.807) is 0 Å². The number of fused-ring (bicyclic) bond motifs is 1. The molecule has 2 aliphatic rings. The van der Waals surface area contributed by atoms with Crippen molar-refractivity contribution in [2.75, 3.05) is 30.3 Å². The maximum absolute atomic E-state index is 12.6. The lowest BCUT2D eigenvalue weighted by molar-refractivity contribution is -0.133. The summed E-state index contributed by atoms with van der Waals surface area (Å²) in [5, 5.41) is 0. The van der Waals surface area contributed by atoms with Crippen LogP contribution in [0.4, 0.5) is 11.4 Å². The predicted octanol–water partition coefficient (Wildman–Crippen LogP) is 2.03. The fourth-order valence-corrected chi connectivity index (χ4v) is 3.42. The van der Waals surface area contributed by atoms with E-state index in [0.29, 0.717) is 0 Å². The van der Waals surface area contributed by atoms with Gasteiger partial charge in [0.05, 0.1) is 11.4 Å². The lowest BCUT2D eigenvalue weighted by Gasteiger charge is -2.34. The van der Waals surface area contributed by atoms with E-state index in [1.807, 2.05) is 24.0 Å². The summed E-state index contributed by atoms with van der Waals surface area (Å²) in [7, 11) is 0. The molecular weight excluding hydrogens is 250 g/mol. The first-order valence-electron chi connectivity index (χ1n) is 7.61. The average Bonchev–Trinajstić information content (AvgIpc) is 2.92. The van der Waals surface area contributed by atoms with E-state index in [1.165, 1.54) is 12.0 Å². The summed E-state index contributed by atoms with van der Waals surface area (Å²) < 4.78 is 0. The Bertz CT molecular complexity index is 508. The van der Waals surface area contributed by atoms with Crippen molar-refractivity contribution in [2.45, 2.75) is 38.6 Å². The van der Waals surface area contributed by atoms with E-state index in [2.05, 4.69) is 11.0 Å². The first-order valence-corrected chi connectivity index (χ1v) is 7.61. The van der Waals surface area contributed by atoms with Gasteiger partial charge in [0.15, 0.2) is 0 Å². The zero-order chi connectivity index (χ0) is 14.1. The van der Waals surface area contributed by atoms with E-state index < -0.39 is 0 Å². The minimum Gasteiger partial charge on any atom is -0.397 e. The van der Waals surface area contributed by atoms with E-state index in [9.17, 15) is 4.79 Å². The second-order valence-electron chi connectivity index (χ2n) is 5.86. The number of likely N-dealkylation sites (tertiary alicyclic amines) is 1. The smallest absolute Gasteiger partial charge is 0.244 e. The molecule has 1 amide bonds. The summed E-state index contributed by atoms with van der Waals surface area (Å²) in [5.74, 6) is 0.251. The minimum atomic E-state index is -0.112. The number of para-hydroxylation sites is 1. The number of piperidine rings is 1. The van der Waals surface area contributed by atoms with Gasteiger partial charge in [-0.25, -0.2) is 0 Å². The average molecular weight is 273 g/mol. The third kappa shape index (κ3) is 2.23. The van der Waals surface area contributed by atoms with Crippen LogP contribution in [0.25, 0.3) is 0 Å². The fourth-order valence-electron chi connectivity index (χ4n) is 3.42. The van der Waals surface area contributed by atoms with E-state index >= 15 is 0 Å². The molecule has 0 aromatic heterocycles. The number of nitrogens with zero attached hydrogens (tertiary/aromatic N) is 2. The summed E-state index contributed by atoms with van der Waals surface area (Å²) in [6.45, 7) is 4.73. The SMILES string of the molecule is CC(C(=O)N1CCCCC1)N1CCc2cccc(N)c21. The second-order valence-corrected chi connectivity index (χ2v) is 5.86. The molecule has 1 saturated heterocycles. The fraction of sp³-hybridized carbons (Fsp3) is 0.562. The molecule has 0 saturated carbocycles. The molecular formula is C16H23N3O. The monoisotopic (exact) mass is 273 g/mol. The van der Waals surface area contributed by atoms with Crippen LogP contribution >= 0.6 is 0 Å². The van der Waals surface area contributed by atoms with E-state index in [0.717, 1.165) is 50.3 Å². The Morgan fingerprint density at radius 2 is 1.95 bits per heavy atom. The van der Waals surface area contributed by atoms with Gasteiger partial charge in [0.2, 0.25) is 5.91 Å². The summed E-state index contributed by atoms with van der Waals surface area (Å²) in [6.07, 6.45) is 4.50. The molecule has 3 rings (SSSR count). The highest BCUT2D eigenvalue weighted by molar-refractivity contribution is 5.88. The third-order valence-corrected chi connectivity index (χ3v) is 4.55. The summed E-state index contributed by atoms with van der Waals surface area (Å²) in [4.78, 5) is 16.9. The highest BCUT2D eigenvalue weighted by atomic mass is 16.2. The molecule has 1 atom stereocenters. The largest absolute Gasteiger partial charge is 0.397 e. The van der Waals surface area contributed by atoms with Gasteiger partial charge < -0.3 is 15.5 Å². The van der Waals surface area contributed by atoms with Gasteiger partial charge in [-0.05, 0) is 44.2 Å². The molecule has 4 nitrogen and oxygen atoms in total. The summed E-state index contributed by atoms with van der Waals surface area (Å²) in [6, 6.07) is 5.92. The normalized spacial score (nSPS) is 19.9. The molecule has 4 heteroatoms. The summed E-state index contributed by atoms with van der Waals surface area (Å²) in [5.41, 5.74) is 9.24. The molecule has 1 aromatic carbocycles. The number of carbonyl (C=O) groups excluding carboxylic acids is 1. The third-order valence-electron chi connectivity index (χ3n) is 4.55. The molecule has 2 N–H and O–H groups in total. The topological polar surface area (TPSA) is 49.6 Å². The number of nitrogens with two attached hydrogens (primary N) is 1. The molecule has 108 valence electrons. The van der Waals surface area contributed by atoms with Crippen LogP contribution in [0.15, 0.2) is 18.2 Å². The molecule has 1 unspecified atom stereocenters. The molecule has 2 heterocycles. The molecule has 0 aliphatic carbocycles. The zero-order valence-corrected chi connectivity index (χ0v) is 12.1. The Kier molecular flexibility index (Phi) is 3.55.